The second-order valence-electron chi connectivity index (χ2n) is 6.32. The number of amides is 1. The Morgan fingerprint density at radius 3 is 2.60 bits per heavy atom. The van der Waals surface area contributed by atoms with Crippen LogP contribution in [0.2, 0.25) is 0 Å². The van der Waals surface area contributed by atoms with Crippen LogP contribution in [0.3, 0.4) is 0 Å². The van der Waals surface area contributed by atoms with Gasteiger partial charge in [-0.2, -0.15) is 0 Å². The lowest BCUT2D eigenvalue weighted by molar-refractivity contribution is 0.0945. The molecule has 0 aliphatic carbocycles. The molecule has 132 valence electrons. The number of ether oxygens (including phenoxy) is 1. The number of rotatable bonds is 4. The molecule has 0 saturated heterocycles. The molecule has 1 atom stereocenters. The van der Waals surface area contributed by atoms with Crippen LogP contribution in [0.1, 0.15) is 22.3 Å². The largest absolute Gasteiger partial charge is 0.493 e. The van der Waals surface area contributed by atoms with Crippen LogP contribution in [0.5, 0.6) is 5.75 Å². The number of hydrogen-bond donors (Lipinski definition) is 1. The van der Waals surface area contributed by atoms with Crippen molar-refractivity contribution >= 4 is 15.7 Å². The normalized spacial score (nSPS) is 17.1. The predicted octanol–water partition coefficient (Wildman–Crippen LogP) is 2.46. The second kappa shape index (κ2) is 7.27. The van der Waals surface area contributed by atoms with E-state index in [1.165, 1.54) is 24.3 Å². The van der Waals surface area contributed by atoms with Crippen LogP contribution < -0.4 is 10.1 Å². The third-order valence-corrected chi connectivity index (χ3v) is 5.49. The fraction of sp³-hybridized carbons (Fsp3) is 0.316. The molecule has 1 N–H and O–H groups in total. The van der Waals surface area contributed by atoms with Gasteiger partial charge in [-0.25, -0.2) is 8.42 Å². The summed E-state index contributed by atoms with van der Waals surface area (Å²) in [4.78, 5) is 12.5. The maximum atomic E-state index is 12.3. The van der Waals surface area contributed by atoms with E-state index >= 15 is 0 Å². The van der Waals surface area contributed by atoms with Crippen molar-refractivity contribution in [2.45, 2.75) is 17.7 Å². The maximum absolute atomic E-state index is 12.3. The summed E-state index contributed by atoms with van der Waals surface area (Å²) in [5, 5.41) is 2.94. The van der Waals surface area contributed by atoms with Crippen molar-refractivity contribution in [1.29, 1.82) is 0 Å². The standard InChI is InChI=1S/C19H21NO4S/c1-25(22,23)17-8-6-15(7-9-17)19(21)20-13-14-10-11-24-18-5-3-2-4-16(18)12-14/h2-9,14H,10-13H2,1H3,(H,20,21)/t14-/m1/s1. The minimum Gasteiger partial charge on any atom is -0.493 e. The first kappa shape index (κ1) is 17.5. The van der Waals surface area contributed by atoms with Crippen molar-refractivity contribution in [1.82, 2.24) is 5.32 Å². The Hall–Kier alpha value is -2.34. The molecule has 6 heteroatoms. The van der Waals surface area contributed by atoms with Gasteiger partial charge in [0.15, 0.2) is 9.84 Å². The molecule has 1 aliphatic rings. The Labute approximate surface area is 147 Å². The minimum atomic E-state index is -3.25. The van der Waals surface area contributed by atoms with Crippen molar-refractivity contribution in [3.05, 3.63) is 59.7 Å². The number of sulfone groups is 1. The molecule has 2 aromatic carbocycles. The average molecular weight is 359 g/mol. The fourth-order valence-corrected chi connectivity index (χ4v) is 3.56. The van der Waals surface area contributed by atoms with Crippen LogP contribution in [-0.2, 0) is 16.3 Å². The molecule has 1 heterocycles. The Balaban J connectivity index is 1.61. The van der Waals surface area contributed by atoms with E-state index < -0.39 is 9.84 Å². The minimum absolute atomic E-state index is 0.196. The third-order valence-electron chi connectivity index (χ3n) is 4.36. The smallest absolute Gasteiger partial charge is 0.251 e. The third kappa shape index (κ3) is 4.39. The molecular weight excluding hydrogens is 338 g/mol. The van der Waals surface area contributed by atoms with Crippen LogP contribution in [0, 0.1) is 5.92 Å². The van der Waals surface area contributed by atoms with E-state index in [1.54, 1.807) is 0 Å². The number of hydrogen-bond acceptors (Lipinski definition) is 4. The second-order valence-corrected chi connectivity index (χ2v) is 8.34. The van der Waals surface area contributed by atoms with Gasteiger partial charge in [-0.3, -0.25) is 4.79 Å². The van der Waals surface area contributed by atoms with Crippen molar-refractivity contribution in [2.24, 2.45) is 5.92 Å². The molecule has 25 heavy (non-hydrogen) atoms. The molecule has 0 saturated carbocycles. The zero-order valence-electron chi connectivity index (χ0n) is 14.1. The van der Waals surface area contributed by atoms with Crippen molar-refractivity contribution in [3.8, 4) is 5.75 Å². The lowest BCUT2D eigenvalue weighted by atomic mass is 9.97. The van der Waals surface area contributed by atoms with Crippen LogP contribution in [0.25, 0.3) is 0 Å². The van der Waals surface area contributed by atoms with Gasteiger partial charge in [0.2, 0.25) is 0 Å². The van der Waals surface area contributed by atoms with E-state index in [1.807, 2.05) is 18.2 Å². The quantitative estimate of drug-likeness (QED) is 0.910. The molecule has 5 nitrogen and oxygen atoms in total. The number of fused-ring (bicyclic) bond motifs is 1. The number of para-hydroxylation sites is 1. The average Bonchev–Trinajstić information content (AvgIpc) is 2.81. The summed E-state index contributed by atoms with van der Waals surface area (Å²) in [6, 6.07) is 14.0. The van der Waals surface area contributed by atoms with Crippen molar-refractivity contribution in [2.75, 3.05) is 19.4 Å². The van der Waals surface area contributed by atoms with Gasteiger partial charge in [0.05, 0.1) is 11.5 Å². The molecule has 0 aromatic heterocycles. The van der Waals surface area contributed by atoms with E-state index in [4.69, 9.17) is 4.74 Å². The highest BCUT2D eigenvalue weighted by Gasteiger charge is 2.18. The number of carbonyl (C=O) groups is 1. The molecule has 0 unspecified atom stereocenters. The topological polar surface area (TPSA) is 72.5 Å². The molecule has 0 radical (unpaired) electrons. The monoisotopic (exact) mass is 359 g/mol. The Bertz CT molecular complexity index is 859. The number of carbonyl (C=O) groups excluding carboxylic acids is 1. The summed E-state index contributed by atoms with van der Waals surface area (Å²) in [7, 11) is -3.25. The molecule has 1 amide bonds. The first-order valence-corrected chi connectivity index (χ1v) is 10.1. The van der Waals surface area contributed by atoms with Crippen LogP contribution >= 0.6 is 0 Å². The Morgan fingerprint density at radius 1 is 1.16 bits per heavy atom. The summed E-state index contributed by atoms with van der Waals surface area (Å²) >= 11 is 0. The first-order valence-electron chi connectivity index (χ1n) is 8.22. The van der Waals surface area contributed by atoms with Gasteiger partial charge < -0.3 is 10.1 Å². The highest BCUT2D eigenvalue weighted by Crippen LogP contribution is 2.26. The van der Waals surface area contributed by atoms with Gasteiger partial charge >= 0.3 is 0 Å². The maximum Gasteiger partial charge on any atom is 0.251 e. The molecule has 3 rings (SSSR count). The van der Waals surface area contributed by atoms with Crippen LogP contribution in [-0.4, -0.2) is 33.7 Å². The highest BCUT2D eigenvalue weighted by atomic mass is 32.2. The van der Waals surface area contributed by atoms with Gasteiger partial charge in [0.1, 0.15) is 5.75 Å². The van der Waals surface area contributed by atoms with Crippen molar-refractivity contribution < 1.29 is 17.9 Å². The van der Waals surface area contributed by atoms with Gasteiger partial charge in [0.25, 0.3) is 5.91 Å². The van der Waals surface area contributed by atoms with Gasteiger partial charge in [-0.05, 0) is 54.7 Å². The van der Waals surface area contributed by atoms with Gasteiger partial charge in [-0.1, -0.05) is 18.2 Å². The summed E-state index contributed by atoms with van der Waals surface area (Å²) in [5.41, 5.74) is 1.62. The Morgan fingerprint density at radius 2 is 1.88 bits per heavy atom. The van der Waals surface area contributed by atoms with Gasteiger partial charge in [0, 0.05) is 18.4 Å². The summed E-state index contributed by atoms with van der Waals surface area (Å²) in [6.07, 6.45) is 2.89. The SMILES string of the molecule is CS(=O)(=O)c1ccc(C(=O)NC[C@@H]2CCOc3ccccc3C2)cc1. The zero-order chi connectivity index (χ0) is 17.9. The van der Waals surface area contributed by atoms with E-state index in [-0.39, 0.29) is 10.8 Å². The predicted molar refractivity (Wildman–Crippen MR) is 95.6 cm³/mol. The molecular formula is C19H21NO4S. The van der Waals surface area contributed by atoms with E-state index in [0.717, 1.165) is 30.4 Å². The molecule has 1 aliphatic heterocycles. The first-order chi connectivity index (χ1) is 11.9. The Kier molecular flexibility index (Phi) is 5.08. The lowest BCUT2D eigenvalue weighted by Gasteiger charge is -2.14. The van der Waals surface area contributed by atoms with Crippen LogP contribution in [0.15, 0.2) is 53.4 Å². The van der Waals surface area contributed by atoms with Crippen molar-refractivity contribution in [3.63, 3.8) is 0 Å². The van der Waals surface area contributed by atoms with E-state index in [0.29, 0.717) is 24.6 Å². The fourth-order valence-electron chi connectivity index (χ4n) is 2.93. The molecule has 0 spiro atoms. The molecule has 2 aromatic rings. The number of benzene rings is 2. The lowest BCUT2D eigenvalue weighted by Crippen LogP contribution is -2.30. The van der Waals surface area contributed by atoms with Gasteiger partial charge in [-0.15, -0.1) is 0 Å². The zero-order valence-corrected chi connectivity index (χ0v) is 14.9. The van der Waals surface area contributed by atoms with E-state index in [9.17, 15) is 13.2 Å². The highest BCUT2D eigenvalue weighted by molar-refractivity contribution is 7.90. The van der Waals surface area contributed by atoms with Crippen LogP contribution in [0.4, 0.5) is 0 Å². The summed E-state index contributed by atoms with van der Waals surface area (Å²) in [5.74, 6) is 1.04. The molecule has 0 fully saturated rings. The summed E-state index contributed by atoms with van der Waals surface area (Å²) < 4.78 is 28.7. The summed E-state index contributed by atoms with van der Waals surface area (Å²) in [6.45, 7) is 1.20. The van der Waals surface area contributed by atoms with E-state index in [2.05, 4.69) is 11.4 Å². The molecule has 0 bridgehead atoms. The number of nitrogens with one attached hydrogen (secondary N) is 1.